The van der Waals surface area contributed by atoms with Gasteiger partial charge in [0.25, 0.3) is 0 Å². The Labute approximate surface area is 118 Å². The Balaban J connectivity index is 2.69. The molecule has 0 aliphatic heterocycles. The Hall–Kier alpha value is -0.860. The monoisotopic (exact) mass is 263 g/mol. The second-order valence-electron chi connectivity index (χ2n) is 6.17. The first-order valence-corrected chi connectivity index (χ1v) is 7.22. The summed E-state index contributed by atoms with van der Waals surface area (Å²) in [6.07, 6.45) is 2.12. The molecule has 0 spiro atoms. The van der Waals surface area contributed by atoms with Crippen LogP contribution in [0.5, 0.6) is 0 Å². The summed E-state index contributed by atoms with van der Waals surface area (Å²) in [6, 6.07) is 9.38. The van der Waals surface area contributed by atoms with E-state index in [1.807, 2.05) is 7.05 Å². The highest BCUT2D eigenvalue weighted by Crippen LogP contribution is 2.25. The summed E-state index contributed by atoms with van der Waals surface area (Å²) in [6.45, 7) is 8.74. The summed E-state index contributed by atoms with van der Waals surface area (Å²) in [5, 5.41) is 3.41. The van der Waals surface area contributed by atoms with Gasteiger partial charge in [-0.05, 0) is 50.8 Å². The van der Waals surface area contributed by atoms with Gasteiger partial charge in [-0.15, -0.1) is 0 Å². The Kier molecular flexibility index (Phi) is 6.02. The van der Waals surface area contributed by atoms with Crippen LogP contribution in [0.4, 0.5) is 0 Å². The van der Waals surface area contributed by atoms with Gasteiger partial charge < -0.3 is 10.1 Å². The standard InChI is InChI=1S/C17H29NO/c1-13(2)14-7-9-15(10-8-14)16(18-5)11-12-17(3,4)19-6/h7-10,13,16,18H,11-12H2,1-6H3. The summed E-state index contributed by atoms with van der Waals surface area (Å²) in [5.74, 6) is 0.592. The molecule has 1 N–H and O–H groups in total. The summed E-state index contributed by atoms with van der Waals surface area (Å²) < 4.78 is 5.49. The van der Waals surface area contributed by atoms with Crippen molar-refractivity contribution >= 4 is 0 Å². The molecule has 0 amide bonds. The number of methoxy groups -OCH3 is 1. The topological polar surface area (TPSA) is 21.3 Å². The van der Waals surface area contributed by atoms with Gasteiger partial charge >= 0.3 is 0 Å². The number of ether oxygens (including phenoxy) is 1. The van der Waals surface area contributed by atoms with E-state index in [9.17, 15) is 0 Å². The molecule has 0 aliphatic rings. The summed E-state index contributed by atoms with van der Waals surface area (Å²) in [4.78, 5) is 0. The lowest BCUT2D eigenvalue weighted by Crippen LogP contribution is -2.26. The lowest BCUT2D eigenvalue weighted by molar-refractivity contribution is 0.0118. The van der Waals surface area contributed by atoms with Crippen LogP contribution >= 0.6 is 0 Å². The average Bonchev–Trinajstić information content (AvgIpc) is 2.40. The Bertz CT molecular complexity index is 367. The van der Waals surface area contributed by atoms with Crippen molar-refractivity contribution in [2.45, 2.75) is 58.1 Å². The van der Waals surface area contributed by atoms with Crippen molar-refractivity contribution in [3.05, 3.63) is 35.4 Å². The lowest BCUT2D eigenvalue weighted by Gasteiger charge is -2.26. The van der Waals surface area contributed by atoms with Gasteiger partial charge in [-0.25, -0.2) is 0 Å². The van der Waals surface area contributed by atoms with E-state index in [0.29, 0.717) is 12.0 Å². The van der Waals surface area contributed by atoms with Crippen LogP contribution in [0.2, 0.25) is 0 Å². The normalized spacial score (nSPS) is 13.8. The second kappa shape index (κ2) is 7.06. The molecule has 0 saturated heterocycles. The van der Waals surface area contributed by atoms with Crippen LogP contribution in [0.3, 0.4) is 0 Å². The molecule has 1 atom stereocenters. The van der Waals surface area contributed by atoms with Crippen LogP contribution in [0.25, 0.3) is 0 Å². The second-order valence-corrected chi connectivity index (χ2v) is 6.17. The molecule has 0 saturated carbocycles. The maximum atomic E-state index is 5.49. The highest BCUT2D eigenvalue weighted by molar-refractivity contribution is 5.26. The quantitative estimate of drug-likeness (QED) is 0.793. The molecule has 0 heterocycles. The van der Waals surface area contributed by atoms with E-state index in [2.05, 4.69) is 57.3 Å². The van der Waals surface area contributed by atoms with E-state index in [0.717, 1.165) is 12.8 Å². The lowest BCUT2D eigenvalue weighted by atomic mass is 9.93. The fourth-order valence-electron chi connectivity index (χ4n) is 2.18. The van der Waals surface area contributed by atoms with Crippen molar-refractivity contribution in [1.82, 2.24) is 5.32 Å². The highest BCUT2D eigenvalue weighted by atomic mass is 16.5. The number of hydrogen-bond donors (Lipinski definition) is 1. The molecule has 1 aromatic carbocycles. The van der Waals surface area contributed by atoms with Crippen LogP contribution in [0.15, 0.2) is 24.3 Å². The maximum Gasteiger partial charge on any atom is 0.0623 e. The predicted molar refractivity (Wildman–Crippen MR) is 82.7 cm³/mol. The minimum atomic E-state index is -0.0486. The minimum absolute atomic E-state index is 0.0486. The van der Waals surface area contributed by atoms with Gasteiger partial charge in [0.1, 0.15) is 0 Å². The van der Waals surface area contributed by atoms with Crippen LogP contribution < -0.4 is 5.32 Å². The molecule has 0 bridgehead atoms. The van der Waals surface area contributed by atoms with Gasteiger partial charge in [-0.2, -0.15) is 0 Å². The van der Waals surface area contributed by atoms with Crippen molar-refractivity contribution < 1.29 is 4.74 Å². The van der Waals surface area contributed by atoms with E-state index >= 15 is 0 Å². The molecule has 0 radical (unpaired) electrons. The molecule has 19 heavy (non-hydrogen) atoms. The van der Waals surface area contributed by atoms with E-state index in [4.69, 9.17) is 4.74 Å². The van der Waals surface area contributed by atoms with Crippen molar-refractivity contribution in [2.24, 2.45) is 0 Å². The van der Waals surface area contributed by atoms with E-state index in [1.165, 1.54) is 11.1 Å². The Morgan fingerprint density at radius 2 is 1.63 bits per heavy atom. The molecule has 1 rings (SSSR count). The molecule has 0 aliphatic carbocycles. The molecule has 1 aromatic rings. The van der Waals surface area contributed by atoms with Gasteiger partial charge in [0.05, 0.1) is 5.60 Å². The van der Waals surface area contributed by atoms with Crippen molar-refractivity contribution in [3.8, 4) is 0 Å². The average molecular weight is 263 g/mol. The predicted octanol–water partition coefficient (Wildman–Crippen LogP) is 4.28. The first kappa shape index (κ1) is 16.2. The molecule has 2 nitrogen and oxygen atoms in total. The third kappa shape index (κ3) is 4.96. The zero-order valence-corrected chi connectivity index (χ0v) is 13.3. The van der Waals surface area contributed by atoms with E-state index in [-0.39, 0.29) is 5.60 Å². The van der Waals surface area contributed by atoms with Gasteiger partial charge in [0, 0.05) is 13.2 Å². The molecular formula is C17H29NO. The SMILES string of the molecule is CNC(CCC(C)(C)OC)c1ccc(C(C)C)cc1. The maximum absolute atomic E-state index is 5.49. The summed E-state index contributed by atoms with van der Waals surface area (Å²) in [5.41, 5.74) is 2.71. The Morgan fingerprint density at radius 1 is 1.11 bits per heavy atom. The van der Waals surface area contributed by atoms with Crippen LogP contribution in [0, 0.1) is 0 Å². The smallest absolute Gasteiger partial charge is 0.0623 e. The molecule has 0 fully saturated rings. The fourth-order valence-corrected chi connectivity index (χ4v) is 2.18. The highest BCUT2D eigenvalue weighted by Gasteiger charge is 2.19. The number of rotatable bonds is 7. The molecule has 0 aromatic heterocycles. The van der Waals surface area contributed by atoms with Crippen molar-refractivity contribution in [1.29, 1.82) is 0 Å². The minimum Gasteiger partial charge on any atom is -0.379 e. The first-order chi connectivity index (χ1) is 8.89. The zero-order valence-electron chi connectivity index (χ0n) is 13.3. The van der Waals surface area contributed by atoms with Crippen LogP contribution in [0.1, 0.15) is 63.6 Å². The van der Waals surface area contributed by atoms with Crippen LogP contribution in [-0.4, -0.2) is 19.8 Å². The van der Waals surface area contributed by atoms with Gasteiger partial charge in [0.15, 0.2) is 0 Å². The molecule has 2 heteroatoms. The number of benzene rings is 1. The van der Waals surface area contributed by atoms with Crippen LogP contribution in [-0.2, 0) is 4.74 Å². The third-order valence-electron chi connectivity index (χ3n) is 3.94. The fraction of sp³-hybridized carbons (Fsp3) is 0.647. The van der Waals surface area contributed by atoms with Gasteiger partial charge in [-0.1, -0.05) is 38.1 Å². The third-order valence-corrected chi connectivity index (χ3v) is 3.94. The summed E-state index contributed by atoms with van der Waals surface area (Å²) >= 11 is 0. The molecule has 108 valence electrons. The first-order valence-electron chi connectivity index (χ1n) is 7.22. The van der Waals surface area contributed by atoms with Crippen molar-refractivity contribution in [2.75, 3.05) is 14.2 Å². The van der Waals surface area contributed by atoms with Gasteiger partial charge in [0.2, 0.25) is 0 Å². The van der Waals surface area contributed by atoms with E-state index < -0.39 is 0 Å². The number of hydrogen-bond acceptors (Lipinski definition) is 2. The number of nitrogens with one attached hydrogen (secondary N) is 1. The summed E-state index contributed by atoms with van der Waals surface area (Å²) in [7, 11) is 3.81. The zero-order chi connectivity index (χ0) is 14.5. The molecule has 1 unspecified atom stereocenters. The van der Waals surface area contributed by atoms with Gasteiger partial charge in [-0.3, -0.25) is 0 Å². The Morgan fingerprint density at radius 3 is 2.05 bits per heavy atom. The molecular weight excluding hydrogens is 234 g/mol. The largest absolute Gasteiger partial charge is 0.379 e. The van der Waals surface area contributed by atoms with E-state index in [1.54, 1.807) is 7.11 Å². The van der Waals surface area contributed by atoms with Crippen molar-refractivity contribution in [3.63, 3.8) is 0 Å².